The van der Waals surface area contributed by atoms with E-state index in [9.17, 15) is 22.8 Å². The zero-order chi connectivity index (χ0) is 22.5. The summed E-state index contributed by atoms with van der Waals surface area (Å²) in [4.78, 5) is 29.8. The van der Waals surface area contributed by atoms with Crippen molar-refractivity contribution < 1.29 is 27.5 Å². The van der Waals surface area contributed by atoms with Crippen molar-refractivity contribution in [3.63, 3.8) is 0 Å². The lowest BCUT2D eigenvalue weighted by Gasteiger charge is -2.54. The van der Waals surface area contributed by atoms with Crippen LogP contribution in [0.25, 0.3) is 21.3 Å². The second-order valence-corrected chi connectivity index (χ2v) is 9.37. The highest BCUT2D eigenvalue weighted by atomic mass is 32.1. The van der Waals surface area contributed by atoms with E-state index in [0.717, 1.165) is 17.4 Å². The van der Waals surface area contributed by atoms with Gasteiger partial charge < -0.3 is 15.0 Å². The van der Waals surface area contributed by atoms with Gasteiger partial charge in [-0.05, 0) is 35.7 Å². The maximum atomic E-state index is 13.7. The number of nitrogens with one attached hydrogen (secondary N) is 1. The van der Waals surface area contributed by atoms with E-state index in [1.807, 2.05) is 0 Å². The predicted octanol–water partition coefficient (Wildman–Crippen LogP) is 3.70. The van der Waals surface area contributed by atoms with Gasteiger partial charge in [0.1, 0.15) is 0 Å². The van der Waals surface area contributed by atoms with Gasteiger partial charge >= 0.3 is 6.18 Å². The number of rotatable bonds is 5. The summed E-state index contributed by atoms with van der Waals surface area (Å²) in [6.07, 6.45) is -2.62. The van der Waals surface area contributed by atoms with E-state index >= 15 is 0 Å². The fraction of sp³-hybridized carbons (Fsp3) is 0.318. The summed E-state index contributed by atoms with van der Waals surface area (Å²) in [6, 6.07) is 7.52. The molecule has 166 valence electrons. The van der Waals surface area contributed by atoms with Gasteiger partial charge in [-0.3, -0.25) is 14.6 Å². The molecule has 2 amide bonds. The summed E-state index contributed by atoms with van der Waals surface area (Å²) < 4.78 is 46.5. The van der Waals surface area contributed by atoms with Crippen LogP contribution in [0, 0.1) is 5.41 Å². The lowest BCUT2D eigenvalue weighted by Crippen LogP contribution is -2.67. The zero-order valence-electron chi connectivity index (χ0n) is 16.7. The van der Waals surface area contributed by atoms with Crippen LogP contribution in [-0.2, 0) is 22.3 Å². The topological polar surface area (TPSA) is 71.5 Å². The number of aromatic nitrogens is 1. The van der Waals surface area contributed by atoms with E-state index in [4.69, 9.17) is 4.74 Å². The fourth-order valence-electron chi connectivity index (χ4n) is 4.15. The van der Waals surface area contributed by atoms with E-state index < -0.39 is 11.7 Å². The molecular weight excluding hydrogens is 443 g/mol. The third-order valence-electron chi connectivity index (χ3n) is 5.79. The minimum Gasteiger partial charge on any atom is -0.380 e. The Bertz CT molecular complexity index is 1190. The first-order valence-corrected chi connectivity index (χ1v) is 10.7. The molecule has 0 radical (unpaired) electrons. The smallest absolute Gasteiger partial charge is 0.380 e. The molecule has 4 heterocycles. The lowest BCUT2D eigenvalue weighted by molar-refractivity contribution is -0.176. The molecule has 5 rings (SSSR count). The molecule has 0 unspecified atom stereocenters. The van der Waals surface area contributed by atoms with Crippen molar-refractivity contribution in [2.75, 3.05) is 26.3 Å². The van der Waals surface area contributed by atoms with Gasteiger partial charge in [-0.1, -0.05) is 0 Å². The Morgan fingerprint density at radius 2 is 2.03 bits per heavy atom. The minimum absolute atomic E-state index is 0.104. The molecule has 2 aromatic heterocycles. The van der Waals surface area contributed by atoms with E-state index in [0.29, 0.717) is 59.8 Å². The highest BCUT2D eigenvalue weighted by molar-refractivity contribution is 7.19. The number of likely N-dealkylation sites (tertiary alicyclic amines) is 1. The second-order valence-electron chi connectivity index (χ2n) is 8.24. The Hall–Kier alpha value is -2.98. The van der Waals surface area contributed by atoms with Crippen molar-refractivity contribution in [1.82, 2.24) is 15.2 Å². The van der Waals surface area contributed by atoms with Gasteiger partial charge in [0.25, 0.3) is 5.91 Å². The molecule has 1 spiro atoms. The molecule has 0 atom stereocenters. The van der Waals surface area contributed by atoms with Gasteiger partial charge in [0.15, 0.2) is 0 Å². The van der Waals surface area contributed by atoms with Crippen molar-refractivity contribution >= 4 is 33.7 Å². The number of amides is 2. The maximum Gasteiger partial charge on any atom is 0.417 e. The van der Waals surface area contributed by atoms with Crippen LogP contribution in [0.2, 0.25) is 0 Å². The first-order valence-electron chi connectivity index (χ1n) is 9.92. The van der Waals surface area contributed by atoms with Crippen LogP contribution in [0.3, 0.4) is 0 Å². The number of thiophene rings is 1. The Balaban J connectivity index is 1.43. The third-order valence-corrected chi connectivity index (χ3v) is 6.98. The molecule has 10 heteroatoms. The lowest BCUT2D eigenvalue weighted by atomic mass is 9.78. The van der Waals surface area contributed by atoms with Crippen molar-refractivity contribution in [2.24, 2.45) is 5.41 Å². The highest BCUT2D eigenvalue weighted by Crippen LogP contribution is 2.42. The molecule has 0 saturated carbocycles. The fourth-order valence-corrected chi connectivity index (χ4v) is 5.27. The van der Waals surface area contributed by atoms with Crippen LogP contribution in [-0.4, -0.2) is 48.5 Å². The van der Waals surface area contributed by atoms with Crippen LogP contribution in [0.1, 0.15) is 20.8 Å². The number of carbonyl (C=O) groups is 2. The van der Waals surface area contributed by atoms with Gasteiger partial charge in [0.05, 0.1) is 42.0 Å². The molecule has 1 N–H and O–H groups in total. The number of carbonyl (C=O) groups excluding carboxylic acids is 2. The molecule has 32 heavy (non-hydrogen) atoms. The number of nitrogens with zero attached hydrogens (tertiary/aromatic N) is 2. The molecule has 0 bridgehead atoms. The summed E-state index contributed by atoms with van der Waals surface area (Å²) in [5, 5.41) is 2.90. The summed E-state index contributed by atoms with van der Waals surface area (Å²) >= 11 is 0.999. The molecular formula is C22H18F3N3O3S. The third kappa shape index (κ3) is 3.63. The number of benzene rings is 1. The van der Waals surface area contributed by atoms with E-state index in [-0.39, 0.29) is 22.6 Å². The van der Waals surface area contributed by atoms with Gasteiger partial charge in [0.2, 0.25) is 6.41 Å². The number of pyridine rings is 1. The van der Waals surface area contributed by atoms with E-state index in [1.54, 1.807) is 29.2 Å². The Kier molecular flexibility index (Phi) is 4.94. The van der Waals surface area contributed by atoms with Crippen molar-refractivity contribution in [3.8, 4) is 11.3 Å². The monoisotopic (exact) mass is 461 g/mol. The molecule has 2 aliphatic heterocycles. The van der Waals surface area contributed by atoms with Gasteiger partial charge in [-0.15, -0.1) is 11.3 Å². The summed E-state index contributed by atoms with van der Waals surface area (Å²) in [6.45, 7) is 2.81. The average molecular weight is 461 g/mol. The predicted molar refractivity (Wildman–Crippen MR) is 112 cm³/mol. The Morgan fingerprint density at radius 1 is 1.25 bits per heavy atom. The van der Waals surface area contributed by atoms with E-state index in [2.05, 4.69) is 10.3 Å². The second kappa shape index (κ2) is 7.56. The summed E-state index contributed by atoms with van der Waals surface area (Å²) in [5.41, 5.74) is 0.417. The first kappa shape index (κ1) is 20.9. The van der Waals surface area contributed by atoms with Crippen molar-refractivity contribution in [2.45, 2.75) is 12.7 Å². The molecule has 2 saturated heterocycles. The van der Waals surface area contributed by atoms with Crippen LogP contribution >= 0.6 is 11.3 Å². The number of ether oxygens (including phenoxy) is 1. The number of halogens is 3. The van der Waals surface area contributed by atoms with Crippen molar-refractivity contribution in [1.29, 1.82) is 0 Å². The number of fused-ring (bicyclic) bond motifs is 1. The van der Waals surface area contributed by atoms with Crippen LogP contribution in [0.4, 0.5) is 13.2 Å². The molecule has 1 aromatic carbocycles. The SMILES string of the molecule is O=CNCc1cc2cc(-c3ccc(C(=O)N4CC5(COC5)C4)cn3)cc(C(F)(F)F)c2s1. The molecule has 2 aliphatic rings. The van der Waals surface area contributed by atoms with Crippen LogP contribution in [0.15, 0.2) is 36.5 Å². The summed E-state index contributed by atoms with van der Waals surface area (Å²) in [7, 11) is 0. The van der Waals surface area contributed by atoms with Gasteiger partial charge in [-0.25, -0.2) is 0 Å². The molecule has 0 aliphatic carbocycles. The van der Waals surface area contributed by atoms with Crippen LogP contribution < -0.4 is 5.32 Å². The molecule has 6 nitrogen and oxygen atoms in total. The highest BCUT2D eigenvalue weighted by Gasteiger charge is 2.50. The summed E-state index contributed by atoms with van der Waals surface area (Å²) in [5.74, 6) is -0.141. The number of hydrogen-bond acceptors (Lipinski definition) is 5. The largest absolute Gasteiger partial charge is 0.417 e. The zero-order valence-corrected chi connectivity index (χ0v) is 17.6. The molecule has 3 aromatic rings. The Morgan fingerprint density at radius 3 is 2.62 bits per heavy atom. The standard InChI is InChI=1S/C22H18F3N3O3S/c23-22(24,25)17-5-14(3-15-4-16(7-26-12-29)32-19(15)17)18-2-1-13(6-27-18)20(30)28-8-21(9-28)10-31-11-21/h1-6,12H,7-11H2,(H,26,29). The number of hydrogen-bond donors (Lipinski definition) is 1. The Labute approximate surface area is 185 Å². The van der Waals surface area contributed by atoms with Crippen molar-refractivity contribution in [3.05, 3.63) is 52.5 Å². The minimum atomic E-state index is -4.54. The van der Waals surface area contributed by atoms with Gasteiger partial charge in [0, 0.05) is 34.4 Å². The first-order chi connectivity index (χ1) is 15.3. The normalized spacial score (nSPS) is 17.2. The quantitative estimate of drug-likeness (QED) is 0.589. The molecule has 2 fully saturated rings. The van der Waals surface area contributed by atoms with Crippen LogP contribution in [0.5, 0.6) is 0 Å². The average Bonchev–Trinajstić information content (AvgIpc) is 3.11. The van der Waals surface area contributed by atoms with E-state index in [1.165, 1.54) is 6.20 Å². The van der Waals surface area contributed by atoms with Gasteiger partial charge in [-0.2, -0.15) is 13.2 Å². The number of alkyl halides is 3. The maximum absolute atomic E-state index is 13.7.